The Bertz CT molecular complexity index is 1020. The Kier molecular flexibility index (Phi) is 4.92. The summed E-state index contributed by atoms with van der Waals surface area (Å²) in [5.74, 6) is -16.1. The second-order valence-corrected chi connectivity index (χ2v) is 5.82. The minimum atomic E-state index is -6.65. The number of halogens is 7. The van der Waals surface area contributed by atoms with Crippen LogP contribution in [0.2, 0.25) is 0 Å². The number of nitrogens with zero attached hydrogens (tertiary/aromatic N) is 4. The molecule has 1 aromatic carbocycles. The average Bonchev–Trinajstić information content (AvgIpc) is 3.14. The fraction of sp³-hybridized carbons (Fsp3) is 0.250. The van der Waals surface area contributed by atoms with Gasteiger partial charge in [-0.15, -0.1) is 0 Å². The summed E-state index contributed by atoms with van der Waals surface area (Å²) in [6.07, 6.45) is -4.78. The highest BCUT2D eigenvalue weighted by atomic mass is 19.4. The lowest BCUT2D eigenvalue weighted by Gasteiger charge is -2.31. The number of hydrogen-bond donors (Lipinski definition) is 1. The number of hydrogen-bond acceptors (Lipinski definition) is 4. The number of H-pyrrole nitrogens is 1. The van der Waals surface area contributed by atoms with Crippen molar-refractivity contribution in [3.8, 4) is 0 Å². The van der Waals surface area contributed by atoms with Crippen molar-refractivity contribution in [3.63, 3.8) is 0 Å². The van der Waals surface area contributed by atoms with E-state index in [2.05, 4.69) is 19.9 Å². The first kappa shape index (κ1) is 20.5. The number of carbonyl (C=O) groups excluding carboxylic acids is 1. The first-order chi connectivity index (χ1) is 13.5. The van der Waals surface area contributed by atoms with Crippen LogP contribution in [0.15, 0.2) is 43.0 Å². The van der Waals surface area contributed by atoms with Crippen molar-refractivity contribution in [2.24, 2.45) is 0 Å². The number of amides is 1. The highest BCUT2D eigenvalue weighted by Crippen LogP contribution is 2.47. The average molecular weight is 421 g/mol. The first-order valence-corrected chi connectivity index (χ1v) is 7.79. The summed E-state index contributed by atoms with van der Waals surface area (Å²) in [5, 5.41) is 0. The van der Waals surface area contributed by atoms with Crippen LogP contribution in [0.4, 0.5) is 36.6 Å². The summed E-state index contributed by atoms with van der Waals surface area (Å²) in [6.45, 7) is -0.756. The Morgan fingerprint density at radius 3 is 2.24 bits per heavy atom. The van der Waals surface area contributed by atoms with Gasteiger partial charge in [0.2, 0.25) is 0 Å². The number of anilines is 1. The van der Waals surface area contributed by atoms with Gasteiger partial charge in [0, 0.05) is 0 Å². The Balaban J connectivity index is 2.13. The molecule has 0 saturated carbocycles. The molecule has 0 aliphatic rings. The molecule has 6 nitrogen and oxygen atoms in total. The van der Waals surface area contributed by atoms with Crippen molar-refractivity contribution in [2.45, 2.75) is 24.6 Å². The van der Waals surface area contributed by atoms with Crippen LogP contribution >= 0.6 is 0 Å². The van der Waals surface area contributed by atoms with Crippen LogP contribution in [0.1, 0.15) is 5.56 Å². The number of imidazole rings is 1. The Morgan fingerprint density at radius 1 is 0.966 bits per heavy atom. The lowest BCUT2D eigenvalue weighted by molar-refractivity contribution is -0.343. The zero-order valence-electron chi connectivity index (χ0n) is 14.1. The molecule has 0 bridgehead atoms. The van der Waals surface area contributed by atoms with Crippen molar-refractivity contribution < 1.29 is 35.5 Å². The largest absolute Gasteiger partial charge is 0.460 e. The van der Waals surface area contributed by atoms with E-state index in [1.807, 2.05) is 0 Å². The van der Waals surface area contributed by atoms with Gasteiger partial charge in [-0.25, -0.2) is 15.0 Å². The Hall–Kier alpha value is -3.25. The van der Waals surface area contributed by atoms with Gasteiger partial charge in [0.25, 0.3) is 0 Å². The number of carbonyl (C=O) groups is 1. The molecular weight excluding hydrogens is 411 g/mol. The first-order valence-electron chi connectivity index (χ1n) is 7.79. The van der Waals surface area contributed by atoms with Crippen molar-refractivity contribution in [2.75, 3.05) is 4.90 Å². The molecule has 0 radical (unpaired) electrons. The normalized spacial score (nSPS) is 12.9. The maximum atomic E-state index is 14.1. The predicted molar refractivity (Wildman–Crippen MR) is 85.3 cm³/mol. The summed E-state index contributed by atoms with van der Waals surface area (Å²) in [5.41, 5.74) is -0.118. The number of rotatable bonds is 5. The van der Waals surface area contributed by atoms with Gasteiger partial charge in [-0.3, -0.25) is 9.69 Å². The number of fused-ring (bicyclic) bond motifs is 1. The molecule has 0 saturated heterocycles. The molecule has 2 aromatic heterocycles. The molecule has 0 unspecified atom stereocenters. The monoisotopic (exact) mass is 421 g/mol. The molecule has 0 fully saturated rings. The summed E-state index contributed by atoms with van der Waals surface area (Å²) in [4.78, 5) is 25.8. The van der Waals surface area contributed by atoms with Crippen LogP contribution in [0.3, 0.4) is 0 Å². The molecule has 0 aliphatic carbocycles. The highest BCUT2D eigenvalue weighted by Gasteiger charge is 2.77. The van der Waals surface area contributed by atoms with Crippen LogP contribution in [-0.2, 0) is 11.3 Å². The minimum absolute atomic E-state index is 0.0389. The van der Waals surface area contributed by atoms with Gasteiger partial charge in [-0.2, -0.15) is 30.7 Å². The van der Waals surface area contributed by atoms with Gasteiger partial charge >= 0.3 is 23.9 Å². The van der Waals surface area contributed by atoms with E-state index in [9.17, 15) is 35.5 Å². The molecule has 3 rings (SSSR count). The molecule has 0 atom stereocenters. The number of aromatic amines is 1. The molecule has 1 amide bonds. The molecule has 13 heteroatoms. The molecule has 0 spiro atoms. The highest BCUT2D eigenvalue weighted by molar-refractivity contribution is 6.02. The zero-order chi connectivity index (χ0) is 21.4. The van der Waals surface area contributed by atoms with Gasteiger partial charge in [-0.1, -0.05) is 30.3 Å². The molecule has 3 aromatic rings. The third kappa shape index (κ3) is 3.47. The molecule has 1 N–H and O–H groups in total. The van der Waals surface area contributed by atoms with E-state index in [0.29, 0.717) is 0 Å². The third-order valence-corrected chi connectivity index (χ3v) is 3.91. The maximum absolute atomic E-state index is 14.1. The minimum Gasteiger partial charge on any atom is -0.340 e. The standard InChI is InChI=1S/C16H10F7N5O/c17-14(18,15(19,20)16(21,22)23)13(29)28(6-9-4-2-1-3-5-9)12-10-11(25-7-24-10)26-8-27-12/h1-5,7-8H,6H2,(H,24,25,26,27). The maximum Gasteiger partial charge on any atom is 0.460 e. The summed E-state index contributed by atoms with van der Waals surface area (Å²) >= 11 is 0. The smallest absolute Gasteiger partial charge is 0.340 e. The van der Waals surface area contributed by atoms with E-state index in [1.165, 1.54) is 24.3 Å². The molecule has 0 aliphatic heterocycles. The quantitative estimate of drug-likeness (QED) is 0.638. The van der Waals surface area contributed by atoms with E-state index >= 15 is 0 Å². The van der Waals surface area contributed by atoms with Crippen molar-refractivity contribution in [1.29, 1.82) is 0 Å². The third-order valence-electron chi connectivity index (χ3n) is 3.91. The topological polar surface area (TPSA) is 74.8 Å². The number of benzene rings is 1. The van der Waals surface area contributed by atoms with Gasteiger partial charge in [-0.05, 0) is 5.56 Å². The van der Waals surface area contributed by atoms with Gasteiger partial charge in [0.15, 0.2) is 11.5 Å². The van der Waals surface area contributed by atoms with Crippen molar-refractivity contribution in [1.82, 2.24) is 19.9 Å². The lowest BCUT2D eigenvalue weighted by Crippen LogP contribution is -2.60. The van der Waals surface area contributed by atoms with Gasteiger partial charge in [0.05, 0.1) is 12.9 Å². The van der Waals surface area contributed by atoms with E-state index in [1.54, 1.807) is 6.07 Å². The second-order valence-electron chi connectivity index (χ2n) is 5.82. The Morgan fingerprint density at radius 2 is 1.62 bits per heavy atom. The number of nitrogens with one attached hydrogen (secondary N) is 1. The molecule has 154 valence electrons. The Labute approximate surface area is 157 Å². The van der Waals surface area contributed by atoms with E-state index in [-0.39, 0.29) is 21.6 Å². The summed E-state index contributed by atoms with van der Waals surface area (Å²) in [6, 6.07) is 7.22. The van der Waals surface area contributed by atoms with E-state index < -0.39 is 36.3 Å². The van der Waals surface area contributed by atoms with Gasteiger partial charge < -0.3 is 4.98 Å². The fourth-order valence-corrected chi connectivity index (χ4v) is 2.45. The SMILES string of the molecule is O=C(N(Cc1ccccc1)c1ncnc2nc[nH]c12)C(F)(F)C(F)(F)C(F)(F)F. The molecule has 2 heterocycles. The van der Waals surface area contributed by atoms with Crippen LogP contribution in [0, 0.1) is 0 Å². The number of alkyl halides is 7. The van der Waals surface area contributed by atoms with Crippen LogP contribution in [-0.4, -0.2) is 43.9 Å². The lowest BCUT2D eigenvalue weighted by atomic mass is 10.1. The molecular formula is C16H10F7N5O. The van der Waals surface area contributed by atoms with Crippen LogP contribution in [0.25, 0.3) is 11.2 Å². The summed E-state index contributed by atoms with van der Waals surface area (Å²) in [7, 11) is 0. The van der Waals surface area contributed by atoms with Crippen molar-refractivity contribution in [3.05, 3.63) is 48.5 Å². The predicted octanol–water partition coefficient (Wildman–Crippen LogP) is 3.72. The zero-order valence-corrected chi connectivity index (χ0v) is 14.1. The fourth-order valence-electron chi connectivity index (χ4n) is 2.45. The van der Waals surface area contributed by atoms with Crippen LogP contribution < -0.4 is 4.90 Å². The van der Waals surface area contributed by atoms with E-state index in [0.717, 1.165) is 12.7 Å². The van der Waals surface area contributed by atoms with Crippen LogP contribution in [0.5, 0.6) is 0 Å². The second kappa shape index (κ2) is 6.97. The molecule has 29 heavy (non-hydrogen) atoms. The van der Waals surface area contributed by atoms with Crippen molar-refractivity contribution >= 4 is 22.9 Å². The number of aromatic nitrogens is 4. The van der Waals surface area contributed by atoms with Gasteiger partial charge in [0.1, 0.15) is 11.8 Å². The summed E-state index contributed by atoms with van der Waals surface area (Å²) < 4.78 is 92.8. The van der Waals surface area contributed by atoms with E-state index in [4.69, 9.17) is 0 Å².